The second-order valence-electron chi connectivity index (χ2n) is 5.07. The first kappa shape index (κ1) is 12.9. The molecule has 0 aliphatic carbocycles. The van der Waals surface area contributed by atoms with Crippen molar-refractivity contribution in [1.29, 1.82) is 0 Å². The lowest BCUT2D eigenvalue weighted by Crippen LogP contribution is -2.40. The monoisotopic (exact) mass is 248 g/mol. The second kappa shape index (κ2) is 5.40. The van der Waals surface area contributed by atoms with Gasteiger partial charge in [0.05, 0.1) is 0 Å². The van der Waals surface area contributed by atoms with Gasteiger partial charge in [-0.25, -0.2) is 0 Å². The summed E-state index contributed by atoms with van der Waals surface area (Å²) in [5, 5.41) is 15.8. The molecule has 1 aromatic carbocycles. The zero-order valence-corrected chi connectivity index (χ0v) is 10.9. The number of hydrogen-bond acceptors (Lipinski definition) is 3. The Balaban J connectivity index is 2.00. The number of amides is 1. The summed E-state index contributed by atoms with van der Waals surface area (Å²) in [7, 11) is 0. The average molecular weight is 248 g/mol. The van der Waals surface area contributed by atoms with Crippen molar-refractivity contribution >= 4 is 11.6 Å². The van der Waals surface area contributed by atoms with E-state index in [9.17, 15) is 9.90 Å². The molecule has 0 bridgehead atoms. The summed E-state index contributed by atoms with van der Waals surface area (Å²) in [6.45, 7) is 4.81. The van der Waals surface area contributed by atoms with Crippen LogP contribution in [0, 0.1) is 12.8 Å². The molecule has 0 aromatic heterocycles. The van der Waals surface area contributed by atoms with Gasteiger partial charge in [-0.05, 0) is 44.9 Å². The van der Waals surface area contributed by atoms with Gasteiger partial charge in [0, 0.05) is 23.7 Å². The molecule has 1 aliphatic heterocycles. The molecule has 3 N–H and O–H groups in total. The maximum absolute atomic E-state index is 12.1. The molecule has 0 radical (unpaired) electrons. The quantitative estimate of drug-likeness (QED) is 0.750. The summed E-state index contributed by atoms with van der Waals surface area (Å²) < 4.78 is 0. The highest BCUT2D eigenvalue weighted by molar-refractivity contribution is 5.92. The highest BCUT2D eigenvalue weighted by atomic mass is 16.3. The van der Waals surface area contributed by atoms with Gasteiger partial charge in [0.15, 0.2) is 0 Å². The maximum Gasteiger partial charge on any atom is 0.227 e. The molecule has 1 fully saturated rings. The SMILES string of the molecule is Cc1ccc(NC(=O)C2CCNC(C)C2)cc1O. The van der Waals surface area contributed by atoms with Crippen molar-refractivity contribution in [1.82, 2.24) is 5.32 Å². The van der Waals surface area contributed by atoms with E-state index in [-0.39, 0.29) is 17.6 Å². The lowest BCUT2D eigenvalue weighted by Gasteiger charge is -2.27. The highest BCUT2D eigenvalue weighted by Crippen LogP contribution is 2.23. The van der Waals surface area contributed by atoms with Gasteiger partial charge in [0.25, 0.3) is 0 Å². The minimum atomic E-state index is 0.0478. The molecule has 4 nitrogen and oxygen atoms in total. The molecule has 2 rings (SSSR count). The number of aromatic hydroxyl groups is 1. The molecule has 2 unspecified atom stereocenters. The minimum absolute atomic E-state index is 0.0478. The zero-order chi connectivity index (χ0) is 13.1. The Kier molecular flexibility index (Phi) is 3.87. The van der Waals surface area contributed by atoms with Crippen LogP contribution in [-0.4, -0.2) is 23.6 Å². The summed E-state index contributed by atoms with van der Waals surface area (Å²) in [4.78, 5) is 12.1. The predicted octanol–water partition coefficient (Wildman–Crippen LogP) is 2.03. The standard InChI is InChI=1S/C14H20N2O2/c1-9-3-4-12(8-13(9)17)16-14(18)11-5-6-15-10(2)7-11/h3-4,8,10-11,15,17H,5-7H2,1-2H3,(H,16,18). The van der Waals surface area contributed by atoms with Crippen LogP contribution in [0.1, 0.15) is 25.3 Å². The summed E-state index contributed by atoms with van der Waals surface area (Å²) in [6.07, 6.45) is 1.73. The molecule has 0 saturated carbocycles. The van der Waals surface area contributed by atoms with Gasteiger partial charge >= 0.3 is 0 Å². The van der Waals surface area contributed by atoms with Crippen LogP contribution in [0.2, 0.25) is 0 Å². The van der Waals surface area contributed by atoms with E-state index in [4.69, 9.17) is 0 Å². The molecule has 1 saturated heterocycles. The number of rotatable bonds is 2. The molecule has 1 aliphatic rings. The topological polar surface area (TPSA) is 61.4 Å². The summed E-state index contributed by atoms with van der Waals surface area (Å²) in [5.41, 5.74) is 1.47. The van der Waals surface area contributed by atoms with Crippen LogP contribution < -0.4 is 10.6 Å². The highest BCUT2D eigenvalue weighted by Gasteiger charge is 2.24. The number of nitrogens with one attached hydrogen (secondary N) is 2. The van der Waals surface area contributed by atoms with E-state index >= 15 is 0 Å². The molecular weight excluding hydrogens is 228 g/mol. The first-order chi connectivity index (χ1) is 8.56. The summed E-state index contributed by atoms with van der Waals surface area (Å²) >= 11 is 0. The lowest BCUT2D eigenvalue weighted by atomic mass is 9.92. The first-order valence-electron chi connectivity index (χ1n) is 6.40. The van der Waals surface area contributed by atoms with E-state index in [1.165, 1.54) is 0 Å². The van der Waals surface area contributed by atoms with Crippen LogP contribution in [0.25, 0.3) is 0 Å². The summed E-state index contributed by atoms with van der Waals surface area (Å²) in [5.74, 6) is 0.322. The van der Waals surface area contributed by atoms with E-state index < -0.39 is 0 Å². The number of carbonyl (C=O) groups excluding carboxylic acids is 1. The third-order valence-corrected chi connectivity index (χ3v) is 3.47. The maximum atomic E-state index is 12.1. The van der Waals surface area contributed by atoms with Crippen molar-refractivity contribution in [2.75, 3.05) is 11.9 Å². The molecule has 18 heavy (non-hydrogen) atoms. The Morgan fingerprint density at radius 2 is 2.28 bits per heavy atom. The smallest absolute Gasteiger partial charge is 0.227 e. The van der Waals surface area contributed by atoms with Gasteiger partial charge in [-0.2, -0.15) is 0 Å². The van der Waals surface area contributed by atoms with Crippen LogP contribution in [0.5, 0.6) is 5.75 Å². The Hall–Kier alpha value is -1.55. The largest absolute Gasteiger partial charge is 0.508 e. The van der Waals surface area contributed by atoms with Crippen LogP contribution in [-0.2, 0) is 4.79 Å². The van der Waals surface area contributed by atoms with Gasteiger partial charge in [0.1, 0.15) is 5.75 Å². The third kappa shape index (κ3) is 3.01. The molecule has 1 heterocycles. The second-order valence-corrected chi connectivity index (χ2v) is 5.07. The fraction of sp³-hybridized carbons (Fsp3) is 0.500. The Labute approximate surface area is 107 Å². The summed E-state index contributed by atoms with van der Waals surface area (Å²) in [6, 6.07) is 5.60. The number of benzene rings is 1. The normalized spacial score (nSPS) is 23.7. The molecule has 98 valence electrons. The van der Waals surface area contributed by atoms with Crippen LogP contribution >= 0.6 is 0 Å². The fourth-order valence-electron chi connectivity index (χ4n) is 2.30. The van der Waals surface area contributed by atoms with Crippen molar-refractivity contribution in [3.8, 4) is 5.75 Å². The van der Waals surface area contributed by atoms with Gasteiger partial charge < -0.3 is 15.7 Å². The van der Waals surface area contributed by atoms with E-state index in [2.05, 4.69) is 17.6 Å². The molecular formula is C14H20N2O2. The van der Waals surface area contributed by atoms with E-state index in [1.807, 2.05) is 13.0 Å². The van der Waals surface area contributed by atoms with E-state index in [0.717, 1.165) is 24.9 Å². The minimum Gasteiger partial charge on any atom is -0.508 e. The van der Waals surface area contributed by atoms with Crippen molar-refractivity contribution in [3.63, 3.8) is 0 Å². The zero-order valence-electron chi connectivity index (χ0n) is 10.9. The van der Waals surface area contributed by atoms with Crippen molar-refractivity contribution in [3.05, 3.63) is 23.8 Å². The van der Waals surface area contributed by atoms with Gasteiger partial charge in [0.2, 0.25) is 5.91 Å². The van der Waals surface area contributed by atoms with Gasteiger partial charge in [-0.3, -0.25) is 4.79 Å². The molecule has 1 amide bonds. The van der Waals surface area contributed by atoms with Gasteiger partial charge in [-0.1, -0.05) is 6.07 Å². The number of anilines is 1. The van der Waals surface area contributed by atoms with Crippen molar-refractivity contribution in [2.45, 2.75) is 32.7 Å². The van der Waals surface area contributed by atoms with Gasteiger partial charge in [-0.15, -0.1) is 0 Å². The number of phenolic OH excluding ortho intramolecular Hbond substituents is 1. The third-order valence-electron chi connectivity index (χ3n) is 3.47. The Morgan fingerprint density at radius 3 is 2.94 bits per heavy atom. The molecule has 4 heteroatoms. The number of phenols is 1. The molecule has 2 atom stereocenters. The Bertz CT molecular complexity index is 445. The number of carbonyl (C=O) groups is 1. The van der Waals surface area contributed by atoms with Crippen LogP contribution in [0.15, 0.2) is 18.2 Å². The fourth-order valence-corrected chi connectivity index (χ4v) is 2.30. The predicted molar refractivity (Wildman–Crippen MR) is 71.7 cm³/mol. The van der Waals surface area contributed by atoms with E-state index in [1.54, 1.807) is 12.1 Å². The Morgan fingerprint density at radius 1 is 1.50 bits per heavy atom. The average Bonchev–Trinajstić information content (AvgIpc) is 2.34. The van der Waals surface area contributed by atoms with Crippen LogP contribution in [0.4, 0.5) is 5.69 Å². The number of aryl methyl sites for hydroxylation is 1. The lowest BCUT2D eigenvalue weighted by molar-refractivity contribution is -0.120. The van der Waals surface area contributed by atoms with Crippen LogP contribution in [0.3, 0.4) is 0 Å². The number of piperidine rings is 1. The molecule has 1 aromatic rings. The number of hydrogen-bond donors (Lipinski definition) is 3. The van der Waals surface area contributed by atoms with Crippen molar-refractivity contribution in [2.24, 2.45) is 5.92 Å². The van der Waals surface area contributed by atoms with E-state index in [0.29, 0.717) is 11.7 Å². The first-order valence-corrected chi connectivity index (χ1v) is 6.40. The van der Waals surface area contributed by atoms with Crippen molar-refractivity contribution < 1.29 is 9.90 Å². The molecule has 0 spiro atoms.